The van der Waals surface area contributed by atoms with Crippen LogP contribution in [0.1, 0.15) is 25.3 Å². The molecule has 1 aromatic rings. The summed E-state index contributed by atoms with van der Waals surface area (Å²) in [5.41, 5.74) is 1.19. The summed E-state index contributed by atoms with van der Waals surface area (Å²) in [6, 6.07) is 7.32. The molecule has 0 radical (unpaired) electrons. The lowest BCUT2D eigenvalue weighted by molar-refractivity contribution is 0.437. The number of sulfonamides is 1. The molecule has 1 N–H and O–H groups in total. The minimum Gasteiger partial charge on any atom is -0.317 e. The molecule has 2 rings (SSSR count). The first-order valence-corrected chi connectivity index (χ1v) is 9.03. The zero-order valence-corrected chi connectivity index (χ0v) is 13.4. The van der Waals surface area contributed by atoms with Gasteiger partial charge in [-0.3, -0.25) is 0 Å². The maximum atomic E-state index is 12.5. The van der Waals surface area contributed by atoms with Crippen molar-refractivity contribution in [2.45, 2.75) is 31.1 Å². The lowest BCUT2D eigenvalue weighted by Gasteiger charge is -2.22. The summed E-state index contributed by atoms with van der Waals surface area (Å²) in [5, 5.41) is 3.29. The van der Waals surface area contributed by atoms with Crippen LogP contribution in [0.3, 0.4) is 0 Å². The van der Waals surface area contributed by atoms with Crippen LogP contribution in [0.2, 0.25) is 0 Å². The first-order chi connectivity index (χ1) is 10.1. The number of benzene rings is 1. The fourth-order valence-electron chi connectivity index (χ4n) is 2.41. The van der Waals surface area contributed by atoms with Crippen LogP contribution >= 0.6 is 0 Å². The van der Waals surface area contributed by atoms with Gasteiger partial charge in [0.1, 0.15) is 0 Å². The molecule has 21 heavy (non-hydrogen) atoms. The molecular weight excluding hydrogens is 284 g/mol. The van der Waals surface area contributed by atoms with E-state index in [-0.39, 0.29) is 0 Å². The second-order valence-electron chi connectivity index (χ2n) is 5.22. The Hall–Kier alpha value is -1.17. The van der Waals surface area contributed by atoms with E-state index in [2.05, 4.69) is 12.2 Å². The fraction of sp³-hybridized carbons (Fsp3) is 0.500. The van der Waals surface area contributed by atoms with Gasteiger partial charge in [-0.25, -0.2) is 8.42 Å². The van der Waals surface area contributed by atoms with Crippen LogP contribution in [0.5, 0.6) is 0 Å². The minimum absolute atomic E-state index is 0.397. The van der Waals surface area contributed by atoms with Crippen LogP contribution in [0.25, 0.3) is 0 Å². The highest BCUT2D eigenvalue weighted by atomic mass is 32.2. The van der Waals surface area contributed by atoms with Crippen molar-refractivity contribution in [1.29, 1.82) is 0 Å². The molecule has 1 heterocycles. The molecule has 5 heteroatoms. The van der Waals surface area contributed by atoms with Gasteiger partial charge in [0.15, 0.2) is 0 Å². The average molecular weight is 308 g/mol. The quantitative estimate of drug-likeness (QED) is 0.620. The molecule has 116 valence electrons. The lowest BCUT2D eigenvalue weighted by atomic mass is 10.1. The van der Waals surface area contributed by atoms with E-state index in [0.29, 0.717) is 18.0 Å². The van der Waals surface area contributed by atoms with Gasteiger partial charge < -0.3 is 5.32 Å². The Morgan fingerprint density at radius 2 is 1.95 bits per heavy atom. The standard InChI is InChI=1S/C16H24N2O2S/c1-2-17-12-6-7-15-8-10-16(11-9-15)21(19,20)18-13-4-3-5-14-18/h3-4,8-11,17H,2,5-7,12-14H2,1H3. The van der Waals surface area contributed by atoms with Crippen molar-refractivity contribution >= 4 is 10.0 Å². The molecule has 0 atom stereocenters. The zero-order chi connectivity index (χ0) is 15.1. The highest BCUT2D eigenvalue weighted by molar-refractivity contribution is 7.89. The molecule has 1 aliphatic heterocycles. The van der Waals surface area contributed by atoms with Gasteiger partial charge >= 0.3 is 0 Å². The molecule has 0 saturated heterocycles. The minimum atomic E-state index is -3.34. The van der Waals surface area contributed by atoms with Crippen molar-refractivity contribution in [3.8, 4) is 0 Å². The Bertz CT molecular complexity index is 564. The van der Waals surface area contributed by atoms with Gasteiger partial charge in [-0.15, -0.1) is 0 Å². The monoisotopic (exact) mass is 308 g/mol. The normalized spacial score (nSPS) is 16.2. The number of nitrogens with zero attached hydrogens (tertiary/aromatic N) is 1. The Kier molecular flexibility index (Phi) is 5.96. The third-order valence-electron chi connectivity index (χ3n) is 3.65. The van der Waals surface area contributed by atoms with E-state index in [1.54, 1.807) is 12.1 Å². The summed E-state index contributed by atoms with van der Waals surface area (Å²) < 4.78 is 26.5. The van der Waals surface area contributed by atoms with Crippen molar-refractivity contribution in [3.63, 3.8) is 0 Å². The highest BCUT2D eigenvalue weighted by Crippen LogP contribution is 2.19. The molecule has 0 aliphatic carbocycles. The Labute approximate surface area is 127 Å². The average Bonchev–Trinajstić information content (AvgIpc) is 2.53. The van der Waals surface area contributed by atoms with Gasteiger partial charge in [-0.2, -0.15) is 4.31 Å². The van der Waals surface area contributed by atoms with Crippen LogP contribution in [0.4, 0.5) is 0 Å². The molecule has 4 nitrogen and oxygen atoms in total. The summed E-state index contributed by atoms with van der Waals surface area (Å²) in [4.78, 5) is 0.397. The van der Waals surface area contributed by atoms with E-state index in [1.807, 2.05) is 24.3 Å². The van der Waals surface area contributed by atoms with Crippen LogP contribution in [0, 0.1) is 0 Å². The predicted octanol–water partition coefficient (Wildman–Crippen LogP) is 2.18. The molecule has 0 unspecified atom stereocenters. The van der Waals surface area contributed by atoms with Crippen LogP contribution in [-0.4, -0.2) is 38.9 Å². The molecule has 0 aromatic heterocycles. The van der Waals surface area contributed by atoms with E-state index >= 15 is 0 Å². The first kappa shape index (κ1) is 16.2. The van der Waals surface area contributed by atoms with E-state index in [0.717, 1.165) is 32.4 Å². The fourth-order valence-corrected chi connectivity index (χ4v) is 3.82. The second kappa shape index (κ2) is 7.73. The summed E-state index contributed by atoms with van der Waals surface area (Å²) in [6.45, 7) is 5.13. The molecule has 1 aliphatic rings. The molecule has 0 fully saturated rings. The third kappa shape index (κ3) is 4.40. The molecule has 0 saturated carbocycles. The van der Waals surface area contributed by atoms with Crippen molar-refractivity contribution in [1.82, 2.24) is 9.62 Å². The van der Waals surface area contributed by atoms with Crippen molar-refractivity contribution in [2.75, 3.05) is 26.2 Å². The summed E-state index contributed by atoms with van der Waals surface area (Å²) in [6.07, 6.45) is 6.77. The topological polar surface area (TPSA) is 49.4 Å². The largest absolute Gasteiger partial charge is 0.317 e. The number of nitrogens with one attached hydrogen (secondary N) is 1. The Balaban J connectivity index is 1.99. The summed E-state index contributed by atoms with van der Waals surface area (Å²) >= 11 is 0. The van der Waals surface area contributed by atoms with E-state index in [9.17, 15) is 8.42 Å². The number of aryl methyl sites for hydroxylation is 1. The van der Waals surface area contributed by atoms with Gasteiger partial charge in [0.2, 0.25) is 10.0 Å². The smallest absolute Gasteiger partial charge is 0.243 e. The maximum Gasteiger partial charge on any atom is 0.243 e. The second-order valence-corrected chi connectivity index (χ2v) is 7.16. The third-order valence-corrected chi connectivity index (χ3v) is 5.53. The van der Waals surface area contributed by atoms with Gasteiger partial charge in [0.05, 0.1) is 4.90 Å². The van der Waals surface area contributed by atoms with Crippen molar-refractivity contribution in [3.05, 3.63) is 42.0 Å². The molecule has 0 amide bonds. The summed E-state index contributed by atoms with van der Waals surface area (Å²) in [7, 11) is -3.34. The Morgan fingerprint density at radius 1 is 1.19 bits per heavy atom. The zero-order valence-electron chi connectivity index (χ0n) is 12.6. The molecule has 0 spiro atoms. The van der Waals surface area contributed by atoms with Gasteiger partial charge in [0, 0.05) is 13.1 Å². The van der Waals surface area contributed by atoms with Gasteiger partial charge in [0.25, 0.3) is 0 Å². The first-order valence-electron chi connectivity index (χ1n) is 7.59. The van der Waals surface area contributed by atoms with Crippen molar-refractivity contribution < 1.29 is 8.42 Å². The SMILES string of the molecule is CCNCCCc1ccc(S(=O)(=O)N2CC=CCC2)cc1. The number of hydrogen-bond acceptors (Lipinski definition) is 3. The van der Waals surface area contributed by atoms with E-state index < -0.39 is 10.0 Å². The molecule has 1 aromatic carbocycles. The molecule has 0 bridgehead atoms. The Morgan fingerprint density at radius 3 is 2.57 bits per heavy atom. The predicted molar refractivity (Wildman–Crippen MR) is 85.8 cm³/mol. The number of rotatable bonds is 7. The van der Waals surface area contributed by atoms with Crippen LogP contribution < -0.4 is 5.32 Å². The maximum absolute atomic E-state index is 12.5. The van der Waals surface area contributed by atoms with Gasteiger partial charge in [-0.05, 0) is 50.0 Å². The van der Waals surface area contributed by atoms with Crippen LogP contribution in [0.15, 0.2) is 41.3 Å². The van der Waals surface area contributed by atoms with Gasteiger partial charge in [-0.1, -0.05) is 31.2 Å². The summed E-state index contributed by atoms with van der Waals surface area (Å²) in [5.74, 6) is 0. The highest BCUT2D eigenvalue weighted by Gasteiger charge is 2.23. The molecular formula is C16H24N2O2S. The number of hydrogen-bond donors (Lipinski definition) is 1. The van der Waals surface area contributed by atoms with E-state index in [1.165, 1.54) is 9.87 Å². The van der Waals surface area contributed by atoms with Crippen molar-refractivity contribution in [2.24, 2.45) is 0 Å². The lowest BCUT2D eigenvalue weighted by Crippen LogP contribution is -2.33. The van der Waals surface area contributed by atoms with Crippen LogP contribution in [-0.2, 0) is 16.4 Å². The van der Waals surface area contributed by atoms with E-state index in [4.69, 9.17) is 0 Å².